The Morgan fingerprint density at radius 3 is 2.62 bits per heavy atom. The molecule has 0 amide bonds. The second kappa shape index (κ2) is 6.04. The molecule has 1 heterocycles. The normalized spacial score (nSPS) is 15.1. The molecule has 2 atom stereocenters. The second-order valence-corrected chi connectivity index (χ2v) is 4.83. The molecule has 0 saturated heterocycles. The number of hydrogen-bond acceptors (Lipinski definition) is 2. The summed E-state index contributed by atoms with van der Waals surface area (Å²) in [6, 6.07) is 0.396. The van der Waals surface area contributed by atoms with E-state index < -0.39 is 0 Å². The van der Waals surface area contributed by atoms with Gasteiger partial charge in [0.1, 0.15) is 0 Å². The van der Waals surface area contributed by atoms with E-state index in [4.69, 9.17) is 0 Å². The monoisotopic (exact) mass is 223 g/mol. The van der Waals surface area contributed by atoms with Gasteiger partial charge in [-0.25, -0.2) is 0 Å². The van der Waals surface area contributed by atoms with Crippen molar-refractivity contribution in [3.8, 4) is 0 Å². The lowest BCUT2D eigenvalue weighted by atomic mass is 10.0. The van der Waals surface area contributed by atoms with Crippen molar-refractivity contribution in [3.05, 3.63) is 17.5 Å². The molecule has 3 nitrogen and oxygen atoms in total. The van der Waals surface area contributed by atoms with Crippen LogP contribution in [0, 0.1) is 12.8 Å². The summed E-state index contributed by atoms with van der Waals surface area (Å²) in [5, 5.41) is 7.86. The van der Waals surface area contributed by atoms with Crippen LogP contribution in [0.4, 0.5) is 0 Å². The first-order valence-corrected chi connectivity index (χ1v) is 6.28. The highest BCUT2D eigenvalue weighted by Crippen LogP contribution is 2.16. The van der Waals surface area contributed by atoms with Gasteiger partial charge in [-0.1, -0.05) is 20.3 Å². The van der Waals surface area contributed by atoms with Crippen molar-refractivity contribution < 1.29 is 0 Å². The van der Waals surface area contributed by atoms with E-state index in [1.54, 1.807) is 0 Å². The SMILES string of the molecule is CCCC(C)CNC(C)c1cnn(C)c1C. The molecule has 3 heteroatoms. The van der Waals surface area contributed by atoms with E-state index in [-0.39, 0.29) is 0 Å². The Balaban J connectivity index is 2.46. The molecule has 0 aliphatic rings. The molecule has 0 spiro atoms. The molecule has 16 heavy (non-hydrogen) atoms. The predicted octanol–water partition coefficient (Wildman–Crippen LogP) is 2.82. The molecule has 1 rings (SSSR count). The van der Waals surface area contributed by atoms with Crippen LogP contribution in [0.25, 0.3) is 0 Å². The smallest absolute Gasteiger partial charge is 0.0540 e. The van der Waals surface area contributed by atoms with Crippen molar-refractivity contribution in [2.75, 3.05) is 6.54 Å². The first-order valence-electron chi connectivity index (χ1n) is 6.28. The highest BCUT2D eigenvalue weighted by molar-refractivity contribution is 5.19. The number of hydrogen-bond donors (Lipinski definition) is 1. The Kier molecular flexibility index (Phi) is 5.00. The number of aromatic nitrogens is 2. The second-order valence-electron chi connectivity index (χ2n) is 4.83. The van der Waals surface area contributed by atoms with E-state index in [9.17, 15) is 0 Å². The fourth-order valence-electron chi connectivity index (χ4n) is 2.02. The summed E-state index contributed by atoms with van der Waals surface area (Å²) in [6.07, 6.45) is 4.53. The molecule has 1 aromatic rings. The van der Waals surface area contributed by atoms with Crippen molar-refractivity contribution in [3.63, 3.8) is 0 Å². The van der Waals surface area contributed by atoms with Crippen molar-refractivity contribution in [2.45, 2.75) is 46.6 Å². The Morgan fingerprint density at radius 2 is 2.12 bits per heavy atom. The van der Waals surface area contributed by atoms with Gasteiger partial charge in [-0.15, -0.1) is 0 Å². The maximum atomic E-state index is 4.28. The summed E-state index contributed by atoms with van der Waals surface area (Å²) in [5.41, 5.74) is 2.56. The Morgan fingerprint density at radius 1 is 1.44 bits per heavy atom. The van der Waals surface area contributed by atoms with Crippen LogP contribution in [0.2, 0.25) is 0 Å². The first kappa shape index (κ1) is 13.2. The number of rotatable bonds is 6. The van der Waals surface area contributed by atoms with Gasteiger partial charge in [0.2, 0.25) is 0 Å². The lowest BCUT2D eigenvalue weighted by Gasteiger charge is -2.17. The van der Waals surface area contributed by atoms with Gasteiger partial charge in [-0.2, -0.15) is 5.10 Å². The molecule has 0 aliphatic carbocycles. The van der Waals surface area contributed by atoms with E-state index in [2.05, 4.69) is 38.1 Å². The molecule has 1 N–H and O–H groups in total. The zero-order valence-corrected chi connectivity index (χ0v) is 11.2. The molecule has 0 aromatic carbocycles. The van der Waals surface area contributed by atoms with Crippen molar-refractivity contribution >= 4 is 0 Å². The predicted molar refractivity (Wildman–Crippen MR) is 68.4 cm³/mol. The number of nitrogens with zero attached hydrogens (tertiary/aromatic N) is 2. The van der Waals surface area contributed by atoms with Crippen LogP contribution in [0.1, 0.15) is 50.9 Å². The lowest BCUT2D eigenvalue weighted by molar-refractivity contribution is 0.443. The fourth-order valence-corrected chi connectivity index (χ4v) is 2.02. The molecule has 0 aliphatic heterocycles. The van der Waals surface area contributed by atoms with E-state index in [1.807, 2.05) is 17.9 Å². The van der Waals surface area contributed by atoms with Crippen LogP contribution >= 0.6 is 0 Å². The van der Waals surface area contributed by atoms with Crippen molar-refractivity contribution in [2.24, 2.45) is 13.0 Å². The molecule has 2 unspecified atom stereocenters. The minimum atomic E-state index is 0.396. The Hall–Kier alpha value is -0.830. The highest BCUT2D eigenvalue weighted by Gasteiger charge is 2.12. The average molecular weight is 223 g/mol. The zero-order chi connectivity index (χ0) is 12.1. The molecular formula is C13H25N3. The quantitative estimate of drug-likeness (QED) is 0.803. The third-order valence-electron chi connectivity index (χ3n) is 3.29. The number of nitrogens with one attached hydrogen (secondary N) is 1. The van der Waals surface area contributed by atoms with E-state index in [1.165, 1.54) is 24.1 Å². The van der Waals surface area contributed by atoms with Gasteiger partial charge in [-0.3, -0.25) is 4.68 Å². The van der Waals surface area contributed by atoms with Gasteiger partial charge < -0.3 is 5.32 Å². The highest BCUT2D eigenvalue weighted by atomic mass is 15.3. The molecule has 92 valence electrons. The maximum absolute atomic E-state index is 4.28. The van der Waals surface area contributed by atoms with Crippen LogP contribution in [-0.4, -0.2) is 16.3 Å². The van der Waals surface area contributed by atoms with Crippen LogP contribution in [0.5, 0.6) is 0 Å². The molecular weight excluding hydrogens is 198 g/mol. The van der Waals surface area contributed by atoms with Gasteiger partial charge in [0.25, 0.3) is 0 Å². The number of aryl methyl sites for hydroxylation is 1. The van der Waals surface area contributed by atoms with Crippen LogP contribution < -0.4 is 5.32 Å². The van der Waals surface area contributed by atoms with Crippen LogP contribution in [0.3, 0.4) is 0 Å². The molecule has 0 radical (unpaired) electrons. The zero-order valence-electron chi connectivity index (χ0n) is 11.2. The standard InChI is InChI=1S/C13H25N3/c1-6-7-10(2)8-14-11(3)13-9-15-16(5)12(13)4/h9-11,14H,6-8H2,1-5H3. The summed E-state index contributed by atoms with van der Waals surface area (Å²) < 4.78 is 1.93. The third-order valence-corrected chi connectivity index (χ3v) is 3.29. The molecule has 0 bridgehead atoms. The van der Waals surface area contributed by atoms with Crippen molar-refractivity contribution in [1.82, 2.24) is 15.1 Å². The van der Waals surface area contributed by atoms with Gasteiger partial charge in [-0.05, 0) is 32.7 Å². The summed E-state index contributed by atoms with van der Waals surface area (Å²) in [6.45, 7) is 9.96. The summed E-state index contributed by atoms with van der Waals surface area (Å²) in [4.78, 5) is 0. The summed E-state index contributed by atoms with van der Waals surface area (Å²) in [5.74, 6) is 0.754. The van der Waals surface area contributed by atoms with Gasteiger partial charge >= 0.3 is 0 Å². The summed E-state index contributed by atoms with van der Waals surface area (Å²) >= 11 is 0. The van der Waals surface area contributed by atoms with E-state index in [0.29, 0.717) is 6.04 Å². The fraction of sp³-hybridized carbons (Fsp3) is 0.769. The molecule has 0 saturated carbocycles. The average Bonchev–Trinajstić information content (AvgIpc) is 2.57. The minimum Gasteiger partial charge on any atom is -0.310 e. The topological polar surface area (TPSA) is 29.9 Å². The van der Waals surface area contributed by atoms with Gasteiger partial charge in [0.05, 0.1) is 6.20 Å². The lowest BCUT2D eigenvalue weighted by Crippen LogP contribution is -2.24. The minimum absolute atomic E-state index is 0.396. The first-order chi connectivity index (χ1) is 7.56. The van der Waals surface area contributed by atoms with Crippen molar-refractivity contribution in [1.29, 1.82) is 0 Å². The van der Waals surface area contributed by atoms with Crippen LogP contribution in [-0.2, 0) is 7.05 Å². The van der Waals surface area contributed by atoms with E-state index in [0.717, 1.165) is 12.5 Å². The Labute approximate surface area is 99.2 Å². The molecule has 1 aromatic heterocycles. The largest absolute Gasteiger partial charge is 0.310 e. The van der Waals surface area contributed by atoms with Crippen LogP contribution in [0.15, 0.2) is 6.20 Å². The third kappa shape index (κ3) is 3.34. The van der Waals surface area contributed by atoms with Gasteiger partial charge in [0, 0.05) is 24.3 Å². The molecule has 0 fully saturated rings. The summed E-state index contributed by atoms with van der Waals surface area (Å²) in [7, 11) is 1.99. The van der Waals surface area contributed by atoms with E-state index >= 15 is 0 Å². The maximum Gasteiger partial charge on any atom is 0.0540 e. The Bertz CT molecular complexity index is 317. The van der Waals surface area contributed by atoms with Gasteiger partial charge in [0.15, 0.2) is 0 Å².